The van der Waals surface area contributed by atoms with Gasteiger partial charge in [-0.25, -0.2) is 0 Å². The summed E-state index contributed by atoms with van der Waals surface area (Å²) in [6.07, 6.45) is 4.92. The van der Waals surface area contributed by atoms with Crippen LogP contribution in [0.5, 0.6) is 11.5 Å². The molecule has 0 aliphatic carbocycles. The number of rotatable bonds is 8. The van der Waals surface area contributed by atoms with E-state index in [1.165, 1.54) is 0 Å². The van der Waals surface area contributed by atoms with E-state index >= 15 is 0 Å². The summed E-state index contributed by atoms with van der Waals surface area (Å²) < 4.78 is 23.5. The molecule has 0 spiro atoms. The van der Waals surface area contributed by atoms with E-state index in [1.807, 2.05) is 51.1 Å². The van der Waals surface area contributed by atoms with Crippen LogP contribution in [-0.2, 0) is 14.3 Å². The van der Waals surface area contributed by atoms with Gasteiger partial charge in [-0.3, -0.25) is 9.59 Å². The Balaban J connectivity index is 1.54. The summed E-state index contributed by atoms with van der Waals surface area (Å²) in [5, 5.41) is 3.47. The summed E-state index contributed by atoms with van der Waals surface area (Å²) in [5.41, 5.74) is 2.33. The van der Waals surface area contributed by atoms with E-state index in [4.69, 9.17) is 18.9 Å². The van der Waals surface area contributed by atoms with Crippen molar-refractivity contribution in [1.82, 2.24) is 10.3 Å². The molecule has 36 heavy (non-hydrogen) atoms. The highest BCUT2D eigenvalue weighted by Crippen LogP contribution is 2.36. The number of para-hydroxylation sites is 1. The Bertz CT molecular complexity index is 1290. The Morgan fingerprint density at radius 2 is 1.94 bits per heavy atom. The zero-order valence-corrected chi connectivity index (χ0v) is 21.2. The number of aromatic amines is 1. The SMILES string of the molecule is COc1c(/C=C(\C=O)NC(=O)c2c[nH]c3ccccc23)ccc(OC2CCC(OC)C(C)(C)O2)c1C. The van der Waals surface area contributed by atoms with Crippen LogP contribution in [0.15, 0.2) is 48.3 Å². The lowest BCUT2D eigenvalue weighted by atomic mass is 9.94. The van der Waals surface area contributed by atoms with Crippen LogP contribution in [0, 0.1) is 6.92 Å². The van der Waals surface area contributed by atoms with E-state index in [0.717, 1.165) is 22.9 Å². The Hall–Kier alpha value is -3.62. The van der Waals surface area contributed by atoms with Gasteiger partial charge in [0.05, 0.1) is 30.1 Å². The second kappa shape index (κ2) is 10.6. The Labute approximate surface area is 210 Å². The van der Waals surface area contributed by atoms with E-state index < -0.39 is 11.9 Å². The van der Waals surface area contributed by atoms with Crippen LogP contribution >= 0.6 is 0 Å². The molecule has 2 heterocycles. The molecule has 8 heteroatoms. The number of carbonyl (C=O) groups is 2. The molecule has 1 aliphatic heterocycles. The monoisotopic (exact) mass is 492 g/mol. The first-order chi connectivity index (χ1) is 17.3. The van der Waals surface area contributed by atoms with Gasteiger partial charge in [0.2, 0.25) is 6.29 Å². The van der Waals surface area contributed by atoms with Crippen molar-refractivity contribution in [2.45, 2.75) is 51.6 Å². The first-order valence-electron chi connectivity index (χ1n) is 11.9. The second-order valence-corrected chi connectivity index (χ2v) is 9.30. The third-order valence-corrected chi connectivity index (χ3v) is 6.54. The molecule has 2 atom stereocenters. The number of fused-ring (bicyclic) bond motifs is 1. The van der Waals surface area contributed by atoms with Crippen molar-refractivity contribution in [3.8, 4) is 11.5 Å². The third-order valence-electron chi connectivity index (χ3n) is 6.54. The number of benzene rings is 2. The quantitative estimate of drug-likeness (QED) is 0.347. The van der Waals surface area contributed by atoms with Crippen molar-refractivity contribution >= 4 is 29.2 Å². The summed E-state index contributed by atoms with van der Waals surface area (Å²) in [6.45, 7) is 5.86. The molecule has 8 nitrogen and oxygen atoms in total. The maximum absolute atomic E-state index is 12.9. The predicted octanol–water partition coefficient (Wildman–Crippen LogP) is 4.76. The number of hydrogen-bond acceptors (Lipinski definition) is 6. The van der Waals surface area contributed by atoms with Crippen LogP contribution in [0.1, 0.15) is 48.2 Å². The number of ether oxygens (including phenoxy) is 4. The van der Waals surface area contributed by atoms with Gasteiger partial charge >= 0.3 is 0 Å². The fraction of sp³-hybridized carbons (Fsp3) is 0.357. The topological polar surface area (TPSA) is 98.9 Å². The normalized spacial score (nSPS) is 19.6. The Kier molecular flexibility index (Phi) is 7.47. The van der Waals surface area contributed by atoms with E-state index in [2.05, 4.69) is 10.3 Å². The van der Waals surface area contributed by atoms with Crippen LogP contribution in [0.4, 0.5) is 0 Å². The van der Waals surface area contributed by atoms with Crippen molar-refractivity contribution in [2.24, 2.45) is 0 Å². The number of amides is 1. The van der Waals surface area contributed by atoms with Crippen LogP contribution < -0.4 is 14.8 Å². The number of nitrogens with one attached hydrogen (secondary N) is 2. The van der Waals surface area contributed by atoms with Crippen molar-refractivity contribution in [3.05, 3.63) is 65.0 Å². The highest BCUT2D eigenvalue weighted by Gasteiger charge is 2.39. The fourth-order valence-electron chi connectivity index (χ4n) is 4.67. The number of H-pyrrole nitrogens is 1. The van der Waals surface area contributed by atoms with E-state index in [1.54, 1.807) is 32.6 Å². The number of hydrogen-bond donors (Lipinski definition) is 2. The van der Waals surface area contributed by atoms with Gasteiger partial charge in [0.1, 0.15) is 11.5 Å². The minimum absolute atomic E-state index is 0.00160. The molecule has 2 aromatic carbocycles. The van der Waals surface area contributed by atoms with Gasteiger partial charge in [-0.2, -0.15) is 0 Å². The highest BCUT2D eigenvalue weighted by molar-refractivity contribution is 6.09. The molecule has 4 rings (SSSR count). The van der Waals surface area contributed by atoms with Gasteiger partial charge in [-0.15, -0.1) is 0 Å². The molecular weight excluding hydrogens is 460 g/mol. The maximum atomic E-state index is 12.9. The molecule has 3 aromatic rings. The van der Waals surface area contributed by atoms with Gasteiger partial charge in [0.15, 0.2) is 6.29 Å². The van der Waals surface area contributed by atoms with Gasteiger partial charge in [0, 0.05) is 41.8 Å². The number of aromatic nitrogens is 1. The Morgan fingerprint density at radius 1 is 1.17 bits per heavy atom. The average Bonchev–Trinajstić information content (AvgIpc) is 3.29. The lowest BCUT2D eigenvalue weighted by Crippen LogP contribution is -2.49. The van der Waals surface area contributed by atoms with Crippen LogP contribution in [0.3, 0.4) is 0 Å². The van der Waals surface area contributed by atoms with Crippen molar-refractivity contribution in [3.63, 3.8) is 0 Å². The van der Waals surface area contributed by atoms with Gasteiger partial charge < -0.3 is 29.2 Å². The van der Waals surface area contributed by atoms with Gasteiger partial charge in [-0.1, -0.05) is 18.2 Å². The van der Waals surface area contributed by atoms with E-state index in [0.29, 0.717) is 35.3 Å². The number of methoxy groups -OCH3 is 2. The lowest BCUT2D eigenvalue weighted by Gasteiger charge is -2.41. The van der Waals surface area contributed by atoms with Crippen LogP contribution in [0.25, 0.3) is 17.0 Å². The molecule has 1 fully saturated rings. The summed E-state index contributed by atoms with van der Waals surface area (Å²) in [5.74, 6) is 0.780. The molecule has 190 valence electrons. The number of aldehydes is 1. The number of allylic oxidation sites excluding steroid dienone is 1. The summed E-state index contributed by atoms with van der Waals surface area (Å²) in [6, 6.07) is 11.1. The predicted molar refractivity (Wildman–Crippen MR) is 137 cm³/mol. The molecular formula is C28H32N2O6. The summed E-state index contributed by atoms with van der Waals surface area (Å²) in [7, 11) is 3.24. The summed E-state index contributed by atoms with van der Waals surface area (Å²) >= 11 is 0. The van der Waals surface area contributed by atoms with E-state index in [-0.39, 0.29) is 17.7 Å². The summed E-state index contributed by atoms with van der Waals surface area (Å²) in [4.78, 5) is 27.8. The first-order valence-corrected chi connectivity index (χ1v) is 11.9. The minimum atomic E-state index is -0.472. The number of carbonyl (C=O) groups excluding carboxylic acids is 2. The van der Waals surface area contributed by atoms with Crippen LogP contribution in [0.2, 0.25) is 0 Å². The minimum Gasteiger partial charge on any atom is -0.496 e. The smallest absolute Gasteiger partial charge is 0.257 e. The van der Waals surface area contributed by atoms with Crippen molar-refractivity contribution in [1.29, 1.82) is 0 Å². The standard InChI is InChI=1S/C28H32N2O6/c1-17-23(35-25-13-12-24(33-4)28(2,3)36-25)11-10-18(26(17)34-5)14-19(16-31)30-27(32)21-15-29-22-9-7-6-8-20(21)22/h6-11,14-16,24-25,29H,12-13H2,1-5H3,(H,30,32)/b19-14+. The Morgan fingerprint density at radius 3 is 2.64 bits per heavy atom. The van der Waals surface area contributed by atoms with Crippen LogP contribution in [-0.4, -0.2) is 49.4 Å². The molecule has 2 N–H and O–H groups in total. The highest BCUT2D eigenvalue weighted by atomic mass is 16.7. The molecule has 1 amide bonds. The van der Waals surface area contributed by atoms with Crippen molar-refractivity contribution in [2.75, 3.05) is 14.2 Å². The zero-order valence-electron chi connectivity index (χ0n) is 21.2. The fourth-order valence-corrected chi connectivity index (χ4v) is 4.67. The molecule has 0 saturated carbocycles. The average molecular weight is 493 g/mol. The van der Waals surface area contributed by atoms with Crippen molar-refractivity contribution < 1.29 is 28.5 Å². The largest absolute Gasteiger partial charge is 0.496 e. The lowest BCUT2D eigenvalue weighted by molar-refractivity contribution is -0.233. The molecule has 1 aliphatic rings. The van der Waals surface area contributed by atoms with Gasteiger partial charge in [-0.05, 0) is 51.5 Å². The second-order valence-electron chi connectivity index (χ2n) is 9.30. The molecule has 1 aromatic heterocycles. The first kappa shape index (κ1) is 25.5. The zero-order chi connectivity index (χ0) is 25.9. The molecule has 1 saturated heterocycles. The molecule has 0 radical (unpaired) electrons. The molecule has 0 bridgehead atoms. The third kappa shape index (κ3) is 5.15. The molecule has 2 unspecified atom stereocenters. The van der Waals surface area contributed by atoms with E-state index in [9.17, 15) is 9.59 Å². The maximum Gasteiger partial charge on any atom is 0.257 e. The van der Waals surface area contributed by atoms with Gasteiger partial charge in [0.25, 0.3) is 5.91 Å².